The smallest absolute Gasteiger partial charge is 0.577 e. The van der Waals surface area contributed by atoms with Crippen molar-refractivity contribution in [1.29, 1.82) is 0 Å². The molecule has 0 bridgehead atoms. The summed E-state index contributed by atoms with van der Waals surface area (Å²) in [6.07, 6.45) is 0. The largest absolute Gasteiger partial charge is 1.20 e. The summed E-state index contributed by atoms with van der Waals surface area (Å²) in [7, 11) is 0. The maximum atomic E-state index is 8.58. The van der Waals surface area contributed by atoms with Crippen LogP contribution in [0.3, 0.4) is 0 Å². The molecule has 6 heteroatoms. The van der Waals surface area contributed by atoms with Gasteiger partial charge in [0.1, 0.15) is 22.5 Å². The van der Waals surface area contributed by atoms with Gasteiger partial charge >= 0.3 is 15.1 Å². The second kappa shape index (κ2) is 11.2. The average molecular weight is 568 g/mol. The van der Waals surface area contributed by atoms with E-state index in [-0.39, 0.29) is 17.6 Å². The molecule has 2 aromatic heterocycles. The number of benzene rings is 5. The molecule has 0 saturated heterocycles. The lowest BCUT2D eigenvalue weighted by Crippen LogP contribution is -2.37. The average Bonchev–Trinajstić information content (AvgIpc) is 3.07. The number of aryl methyl sites for hydroxylation is 2. The van der Waals surface area contributed by atoms with E-state index in [1.54, 1.807) is 24.3 Å². The Morgan fingerprint density at radius 1 is 0.548 bits per heavy atom. The van der Waals surface area contributed by atoms with E-state index in [0.717, 1.165) is 22.2 Å². The molecule has 202 valence electrons. The van der Waals surface area contributed by atoms with Crippen molar-refractivity contribution in [1.82, 2.24) is 9.97 Å². The summed E-state index contributed by atoms with van der Waals surface area (Å²) in [5.41, 5.74) is 3.67. The van der Waals surface area contributed by atoms with Gasteiger partial charge < -0.3 is 11.4 Å². The Hall–Kier alpha value is -4.89. The number of pyridine rings is 2. The van der Waals surface area contributed by atoms with Crippen LogP contribution < -0.4 is 11.4 Å². The quantitative estimate of drug-likeness (QED) is 0.180. The van der Waals surface area contributed by atoms with Gasteiger partial charge in [-0.2, -0.15) is 0 Å². The van der Waals surface area contributed by atoms with E-state index in [1.165, 1.54) is 0 Å². The first kappa shape index (κ1) is 20.9. The van der Waals surface area contributed by atoms with Gasteiger partial charge in [-0.25, -0.2) is 9.97 Å². The molecular weight excluding hydrogens is 535 g/mol. The van der Waals surface area contributed by atoms with Crippen LogP contribution in [-0.4, -0.2) is 25.1 Å². The normalized spacial score (nSPS) is 12.8. The van der Waals surface area contributed by atoms with Crippen LogP contribution in [0.2, 0.25) is 0 Å². The van der Waals surface area contributed by atoms with Crippen LogP contribution in [-0.2, 0) is 0 Å². The van der Waals surface area contributed by atoms with E-state index in [4.69, 9.17) is 28.2 Å². The van der Waals surface area contributed by atoms with Gasteiger partial charge in [-0.15, -0.1) is 0 Å². The zero-order valence-corrected chi connectivity index (χ0v) is 24.1. The fourth-order valence-corrected chi connectivity index (χ4v) is 6.35. The van der Waals surface area contributed by atoms with E-state index in [1.807, 2.05) is 86.6 Å². The number of nitrogens with zero attached hydrogens (tertiary/aromatic N) is 2. The van der Waals surface area contributed by atoms with Crippen molar-refractivity contribution >= 4 is 47.7 Å². The maximum absolute atomic E-state index is 8.58. The predicted octanol–water partition coefficient (Wildman–Crippen LogP) is 8.74. The van der Waals surface area contributed by atoms with Crippen molar-refractivity contribution in [3.63, 3.8) is 0 Å². The molecule has 0 spiro atoms. The first-order chi connectivity index (χ1) is 22.7. The summed E-state index contributed by atoms with van der Waals surface area (Å²) in [5, 5.41) is 3.15. The van der Waals surface area contributed by atoms with E-state index in [0.29, 0.717) is 44.6 Å². The molecule has 0 aliphatic heterocycles. The van der Waals surface area contributed by atoms with Crippen molar-refractivity contribution in [2.75, 3.05) is 0 Å². The highest BCUT2D eigenvalue weighted by molar-refractivity contribution is 6.40. The molecule has 0 aliphatic rings. The number of rotatable bonds is 7. The van der Waals surface area contributed by atoms with Gasteiger partial charge in [-0.3, -0.25) is 0 Å². The van der Waals surface area contributed by atoms with E-state index in [2.05, 4.69) is 0 Å². The Balaban J connectivity index is 1.36. The predicted molar refractivity (Wildman–Crippen MR) is 170 cm³/mol. The minimum atomic E-state index is -3.14. The van der Waals surface area contributed by atoms with Crippen molar-refractivity contribution in [3.8, 4) is 28.4 Å². The van der Waals surface area contributed by atoms with Gasteiger partial charge in [-0.1, -0.05) is 96.9 Å². The molecule has 0 aliphatic carbocycles. The number of fused-ring (bicyclic) bond motifs is 3. The van der Waals surface area contributed by atoms with E-state index in [9.17, 15) is 0 Å². The summed E-state index contributed by atoms with van der Waals surface area (Å²) in [5.74, 6) is 1.50. The number of aromatic nitrogens is 2. The number of hydrogen-bond donors (Lipinski definition) is 0. The molecule has 7 rings (SSSR count). The van der Waals surface area contributed by atoms with Crippen LogP contribution in [0, 0.1) is 13.8 Å². The van der Waals surface area contributed by atoms with Gasteiger partial charge in [0, 0.05) is 27.5 Å². The standard InChI is InChI=1S/C16H12O.2C10H9NO.Al/c17-16-11-5-9-14-13(8-4-10-15(14)16)12-6-2-1-3-7-12;2*1-7-5-6-8-3-2-4-9(12)10(8)11-7;/h1-11,17H;2*2-6,12H,1H3;/q;;;+3/p-3/i1D,2D,3D,6D,7D;;;. The molecule has 0 fully saturated rings. The van der Waals surface area contributed by atoms with Gasteiger partial charge in [0.05, 0.1) is 12.6 Å². The third-order valence-corrected chi connectivity index (χ3v) is 8.31. The third kappa shape index (κ3) is 5.15. The summed E-state index contributed by atoms with van der Waals surface area (Å²) in [4.78, 5) is 9.46. The van der Waals surface area contributed by atoms with Crippen LogP contribution in [0.4, 0.5) is 0 Å². The topological polar surface area (TPSA) is 53.5 Å². The van der Waals surface area contributed by atoms with Crippen LogP contribution in [0.25, 0.3) is 43.7 Å². The van der Waals surface area contributed by atoms with Crippen LogP contribution in [0.5, 0.6) is 17.2 Å². The Morgan fingerprint density at radius 2 is 1.07 bits per heavy atom. The monoisotopic (exact) mass is 567 g/mol. The zero-order valence-electron chi connectivity index (χ0n) is 27.9. The van der Waals surface area contributed by atoms with E-state index < -0.39 is 33.3 Å². The van der Waals surface area contributed by atoms with Crippen LogP contribution in [0.1, 0.15) is 18.2 Å². The van der Waals surface area contributed by atoms with Gasteiger partial charge in [-0.05, 0) is 60.7 Å². The summed E-state index contributed by atoms with van der Waals surface area (Å²) >= 11 is -3.14. The minimum Gasteiger partial charge on any atom is -0.577 e. The first-order valence-electron chi connectivity index (χ1n) is 16.0. The second-order valence-electron chi connectivity index (χ2n) is 9.86. The lowest BCUT2D eigenvalue weighted by molar-refractivity contribution is 0.311. The lowest BCUT2D eigenvalue weighted by atomic mass is 9.98. The first-order valence-corrected chi connectivity index (χ1v) is 14.9. The van der Waals surface area contributed by atoms with Crippen molar-refractivity contribution in [2.45, 2.75) is 13.8 Å². The van der Waals surface area contributed by atoms with Gasteiger partial charge in [0.25, 0.3) is 0 Å². The summed E-state index contributed by atoms with van der Waals surface area (Å²) in [6.45, 7) is 3.84. The Morgan fingerprint density at radius 3 is 1.71 bits per heavy atom. The molecule has 5 nitrogen and oxygen atoms in total. The molecule has 0 radical (unpaired) electrons. The van der Waals surface area contributed by atoms with Crippen molar-refractivity contribution < 1.29 is 18.2 Å². The number of hydrogen-bond acceptors (Lipinski definition) is 5. The summed E-state index contributed by atoms with van der Waals surface area (Å²) in [6, 6.07) is 28.3. The van der Waals surface area contributed by atoms with Crippen LogP contribution in [0.15, 0.2) is 127 Å². The maximum Gasteiger partial charge on any atom is 1.20 e. The fourth-order valence-electron chi connectivity index (χ4n) is 4.99. The highest BCUT2D eigenvalue weighted by atomic mass is 27.3. The highest BCUT2D eigenvalue weighted by Crippen LogP contribution is 2.35. The van der Waals surface area contributed by atoms with E-state index >= 15 is 0 Å². The van der Waals surface area contributed by atoms with Crippen LogP contribution >= 0.6 is 0 Å². The zero-order chi connectivity index (χ0) is 32.8. The molecule has 5 aromatic carbocycles. The van der Waals surface area contributed by atoms with Gasteiger partial charge in [0.2, 0.25) is 0 Å². The molecule has 42 heavy (non-hydrogen) atoms. The third-order valence-electron chi connectivity index (χ3n) is 6.97. The molecule has 0 atom stereocenters. The Kier molecular flexibility index (Phi) is 5.56. The van der Waals surface area contributed by atoms with Gasteiger partial charge in [0.15, 0.2) is 0 Å². The molecule has 0 amide bonds. The Bertz CT molecular complexity index is 2240. The molecule has 7 aromatic rings. The Labute approximate surface area is 256 Å². The second-order valence-corrected chi connectivity index (χ2v) is 11.1. The minimum absolute atomic E-state index is 0.120. The highest BCUT2D eigenvalue weighted by Gasteiger charge is 2.45. The van der Waals surface area contributed by atoms with Crippen molar-refractivity contribution in [2.24, 2.45) is 0 Å². The SMILES string of the molecule is [2H]c1c([2H])c([2H])c(-c2cccc3c([O][Al]([O]c4cccc5ccc(C)nc45)[O]c4cccc5ccc(C)nc45)cccc23)c([2H])c1[2H]. The molecule has 0 saturated carbocycles. The fraction of sp³-hybridized carbons (Fsp3) is 0.0556. The number of para-hydroxylation sites is 2. The molecule has 0 unspecified atom stereocenters. The summed E-state index contributed by atoms with van der Waals surface area (Å²) < 4.78 is 61.4. The molecule has 0 N–H and O–H groups in total. The molecule has 2 heterocycles. The lowest BCUT2D eigenvalue weighted by Gasteiger charge is -2.19. The molecular formula is C36H27AlN2O3. The van der Waals surface area contributed by atoms with Crippen molar-refractivity contribution in [3.05, 3.63) is 139 Å².